The molecule has 72 valence electrons. The lowest BCUT2D eigenvalue weighted by atomic mass is 10.2. The third-order valence-corrected chi connectivity index (χ3v) is 2.90. The number of pyridine rings is 1. The Bertz CT molecular complexity index is 513. The van der Waals surface area contributed by atoms with Crippen molar-refractivity contribution in [1.82, 2.24) is 4.98 Å². The summed E-state index contributed by atoms with van der Waals surface area (Å²) in [5, 5.41) is 1.16. The van der Waals surface area contributed by atoms with Crippen LogP contribution in [0.25, 0.3) is 10.9 Å². The number of hydrogen-bond donors (Lipinski definition) is 0. The summed E-state index contributed by atoms with van der Waals surface area (Å²) >= 11 is 17.5. The third kappa shape index (κ3) is 1.44. The standard InChI is InChI=1S/C9H3Cl3FN/c10-4-1-2-6(13)9-7(4)8(12)5(11)3-14-9/h1-3H. The Morgan fingerprint density at radius 1 is 1.07 bits per heavy atom. The molecule has 0 aliphatic heterocycles. The van der Waals surface area contributed by atoms with E-state index in [-0.39, 0.29) is 15.6 Å². The highest BCUT2D eigenvalue weighted by atomic mass is 35.5. The Morgan fingerprint density at radius 2 is 1.79 bits per heavy atom. The second-order valence-electron chi connectivity index (χ2n) is 2.67. The van der Waals surface area contributed by atoms with Crippen LogP contribution < -0.4 is 0 Å². The van der Waals surface area contributed by atoms with Crippen molar-refractivity contribution in [3.63, 3.8) is 0 Å². The van der Waals surface area contributed by atoms with E-state index in [2.05, 4.69) is 4.98 Å². The SMILES string of the molecule is Fc1ccc(Cl)c2c(Cl)c(Cl)cnc12. The summed E-state index contributed by atoms with van der Waals surface area (Å²) in [4.78, 5) is 3.83. The van der Waals surface area contributed by atoms with Crippen molar-refractivity contribution in [2.45, 2.75) is 0 Å². The first kappa shape index (κ1) is 9.97. The maximum atomic E-state index is 13.3. The van der Waals surface area contributed by atoms with Crippen LogP contribution in [0.15, 0.2) is 18.3 Å². The molecule has 0 atom stereocenters. The normalized spacial score (nSPS) is 10.9. The molecule has 0 amide bonds. The second-order valence-corrected chi connectivity index (χ2v) is 3.87. The van der Waals surface area contributed by atoms with Crippen molar-refractivity contribution in [2.24, 2.45) is 0 Å². The van der Waals surface area contributed by atoms with Crippen LogP contribution in [0.2, 0.25) is 15.1 Å². The van der Waals surface area contributed by atoms with Crippen molar-refractivity contribution in [3.8, 4) is 0 Å². The quantitative estimate of drug-likeness (QED) is 0.678. The van der Waals surface area contributed by atoms with Gasteiger partial charge in [0.05, 0.1) is 15.1 Å². The number of halogens is 4. The fourth-order valence-electron chi connectivity index (χ4n) is 1.17. The monoisotopic (exact) mass is 249 g/mol. The number of aromatic nitrogens is 1. The van der Waals surface area contributed by atoms with E-state index in [0.717, 1.165) is 0 Å². The van der Waals surface area contributed by atoms with Crippen LogP contribution >= 0.6 is 34.8 Å². The van der Waals surface area contributed by atoms with Crippen LogP contribution in [0.3, 0.4) is 0 Å². The van der Waals surface area contributed by atoms with E-state index in [1.54, 1.807) is 0 Å². The highest BCUT2D eigenvalue weighted by Crippen LogP contribution is 2.34. The average Bonchev–Trinajstić information content (AvgIpc) is 2.16. The van der Waals surface area contributed by atoms with Gasteiger partial charge in [-0.15, -0.1) is 0 Å². The molecule has 1 aromatic carbocycles. The molecule has 2 aromatic rings. The predicted molar refractivity (Wildman–Crippen MR) is 56.7 cm³/mol. The van der Waals surface area contributed by atoms with Crippen molar-refractivity contribution >= 4 is 45.7 Å². The van der Waals surface area contributed by atoms with Gasteiger partial charge in [-0.1, -0.05) is 34.8 Å². The zero-order chi connectivity index (χ0) is 10.3. The van der Waals surface area contributed by atoms with E-state index in [1.165, 1.54) is 18.3 Å². The zero-order valence-electron chi connectivity index (χ0n) is 6.69. The first-order valence-corrected chi connectivity index (χ1v) is 4.82. The predicted octanol–water partition coefficient (Wildman–Crippen LogP) is 4.33. The van der Waals surface area contributed by atoms with Crippen LogP contribution in [0, 0.1) is 5.82 Å². The van der Waals surface area contributed by atoms with Gasteiger partial charge < -0.3 is 0 Å². The minimum atomic E-state index is -0.469. The molecule has 0 radical (unpaired) electrons. The Hall–Kier alpha value is -0.570. The van der Waals surface area contributed by atoms with Crippen LogP contribution in [0.5, 0.6) is 0 Å². The lowest BCUT2D eigenvalue weighted by molar-refractivity contribution is 0.637. The van der Waals surface area contributed by atoms with Gasteiger partial charge in [0.1, 0.15) is 11.3 Å². The summed E-state index contributed by atoms with van der Waals surface area (Å²) in [5.74, 6) is -0.469. The number of nitrogens with zero attached hydrogens (tertiary/aromatic N) is 1. The molecule has 1 aromatic heterocycles. The molecule has 0 bridgehead atoms. The zero-order valence-corrected chi connectivity index (χ0v) is 8.96. The molecule has 0 fully saturated rings. The van der Waals surface area contributed by atoms with Gasteiger partial charge in [0.15, 0.2) is 0 Å². The van der Waals surface area contributed by atoms with E-state index in [1.807, 2.05) is 0 Å². The Kier molecular flexibility index (Phi) is 2.52. The maximum absolute atomic E-state index is 13.3. The molecule has 0 unspecified atom stereocenters. The lowest BCUT2D eigenvalue weighted by Crippen LogP contribution is -1.86. The van der Waals surface area contributed by atoms with Crippen molar-refractivity contribution < 1.29 is 4.39 Å². The van der Waals surface area contributed by atoms with Gasteiger partial charge in [-0.05, 0) is 12.1 Å². The van der Waals surface area contributed by atoms with E-state index in [0.29, 0.717) is 10.4 Å². The summed E-state index contributed by atoms with van der Waals surface area (Å²) < 4.78 is 13.3. The molecule has 14 heavy (non-hydrogen) atoms. The molecular weight excluding hydrogens is 247 g/mol. The number of rotatable bonds is 0. The Labute approximate surface area is 94.4 Å². The summed E-state index contributed by atoms with van der Waals surface area (Å²) in [6.07, 6.45) is 1.30. The summed E-state index contributed by atoms with van der Waals surface area (Å²) in [6.45, 7) is 0. The van der Waals surface area contributed by atoms with Gasteiger partial charge in [0.25, 0.3) is 0 Å². The molecule has 2 rings (SSSR count). The molecule has 1 nitrogen and oxygen atoms in total. The second kappa shape index (κ2) is 3.54. The number of benzene rings is 1. The summed E-state index contributed by atoms with van der Waals surface area (Å²) in [5.41, 5.74) is 0.131. The Balaban J connectivity index is 3.01. The van der Waals surface area contributed by atoms with Crippen LogP contribution in [0.1, 0.15) is 0 Å². The molecule has 1 heterocycles. The molecule has 5 heteroatoms. The maximum Gasteiger partial charge on any atom is 0.149 e. The topological polar surface area (TPSA) is 12.9 Å². The summed E-state index contributed by atoms with van der Waals surface area (Å²) in [6, 6.07) is 2.66. The minimum absolute atomic E-state index is 0.131. The van der Waals surface area contributed by atoms with E-state index >= 15 is 0 Å². The Morgan fingerprint density at radius 3 is 2.50 bits per heavy atom. The molecule has 0 saturated carbocycles. The van der Waals surface area contributed by atoms with Crippen molar-refractivity contribution in [1.29, 1.82) is 0 Å². The van der Waals surface area contributed by atoms with Gasteiger partial charge in [0, 0.05) is 11.6 Å². The van der Waals surface area contributed by atoms with Gasteiger partial charge in [-0.3, -0.25) is 4.98 Å². The van der Waals surface area contributed by atoms with Gasteiger partial charge in [-0.2, -0.15) is 0 Å². The lowest BCUT2D eigenvalue weighted by Gasteiger charge is -2.04. The van der Waals surface area contributed by atoms with Gasteiger partial charge in [-0.25, -0.2) is 4.39 Å². The molecular formula is C9H3Cl3FN. The fraction of sp³-hybridized carbons (Fsp3) is 0. The fourth-order valence-corrected chi connectivity index (χ4v) is 1.85. The van der Waals surface area contributed by atoms with Crippen LogP contribution in [-0.2, 0) is 0 Å². The highest BCUT2D eigenvalue weighted by molar-refractivity contribution is 6.47. The highest BCUT2D eigenvalue weighted by Gasteiger charge is 2.11. The molecule has 0 aliphatic rings. The van der Waals surface area contributed by atoms with Crippen LogP contribution in [0.4, 0.5) is 4.39 Å². The number of hydrogen-bond acceptors (Lipinski definition) is 1. The van der Waals surface area contributed by atoms with Crippen molar-refractivity contribution in [2.75, 3.05) is 0 Å². The first-order valence-electron chi connectivity index (χ1n) is 3.69. The molecule has 0 saturated heterocycles. The van der Waals surface area contributed by atoms with Gasteiger partial charge in [0.2, 0.25) is 0 Å². The average molecular weight is 250 g/mol. The van der Waals surface area contributed by atoms with E-state index in [9.17, 15) is 4.39 Å². The molecule has 0 spiro atoms. The van der Waals surface area contributed by atoms with Crippen LogP contribution in [-0.4, -0.2) is 4.98 Å². The smallest absolute Gasteiger partial charge is 0.149 e. The van der Waals surface area contributed by atoms with E-state index < -0.39 is 5.82 Å². The van der Waals surface area contributed by atoms with Gasteiger partial charge >= 0.3 is 0 Å². The number of fused-ring (bicyclic) bond motifs is 1. The third-order valence-electron chi connectivity index (χ3n) is 1.81. The van der Waals surface area contributed by atoms with E-state index in [4.69, 9.17) is 34.8 Å². The minimum Gasteiger partial charge on any atom is -0.251 e. The largest absolute Gasteiger partial charge is 0.251 e. The molecule has 0 aliphatic carbocycles. The first-order chi connectivity index (χ1) is 6.61. The summed E-state index contributed by atoms with van der Waals surface area (Å²) in [7, 11) is 0. The molecule has 0 N–H and O–H groups in total. The van der Waals surface area contributed by atoms with Crippen molar-refractivity contribution in [3.05, 3.63) is 39.2 Å².